The molecule has 0 aliphatic carbocycles. The van der Waals surface area contributed by atoms with Crippen LogP contribution in [-0.2, 0) is 23.4 Å². The number of hydrogen-bond acceptors (Lipinski definition) is 5. The molecule has 2 aliphatic heterocycles. The number of pyridine rings is 1. The molecule has 2 N–H and O–H groups in total. The first-order valence-electron chi connectivity index (χ1n) is 12.2. The van der Waals surface area contributed by atoms with E-state index in [-0.39, 0.29) is 6.42 Å². The molecule has 2 aromatic carbocycles. The fraction of sp³-hybridized carbons (Fsp3) is 0.310. The van der Waals surface area contributed by atoms with E-state index in [1.54, 1.807) is 6.20 Å². The van der Waals surface area contributed by atoms with Gasteiger partial charge in [-0.3, -0.25) is 9.78 Å². The SMILES string of the molecule is O=C(O)Cc1ccc2c(c1)OCc1ncccc1/C2=C\CCN1CCC(O)(c2ccc(Cl)cc2)CC1. The van der Waals surface area contributed by atoms with Crippen molar-refractivity contribution < 1.29 is 19.7 Å². The number of hydrogen-bond donors (Lipinski definition) is 2. The van der Waals surface area contributed by atoms with E-state index in [4.69, 9.17) is 16.3 Å². The first-order chi connectivity index (χ1) is 17.4. The molecule has 186 valence electrons. The van der Waals surface area contributed by atoms with Crippen LogP contribution in [0.25, 0.3) is 5.57 Å². The molecule has 0 spiro atoms. The number of halogens is 1. The second-order valence-electron chi connectivity index (χ2n) is 9.47. The van der Waals surface area contributed by atoms with E-state index in [1.807, 2.05) is 48.5 Å². The summed E-state index contributed by atoms with van der Waals surface area (Å²) in [7, 11) is 0. The van der Waals surface area contributed by atoms with Gasteiger partial charge in [0.05, 0.1) is 17.7 Å². The molecule has 5 rings (SSSR count). The van der Waals surface area contributed by atoms with Crippen molar-refractivity contribution in [3.05, 3.63) is 99.8 Å². The molecule has 3 aromatic rings. The van der Waals surface area contributed by atoms with Gasteiger partial charge in [-0.1, -0.05) is 48.0 Å². The Bertz CT molecular complexity index is 1280. The van der Waals surface area contributed by atoms with Gasteiger partial charge < -0.3 is 19.8 Å². The zero-order valence-electron chi connectivity index (χ0n) is 20.0. The maximum absolute atomic E-state index is 11.2. The zero-order chi connectivity index (χ0) is 25.1. The smallest absolute Gasteiger partial charge is 0.307 e. The predicted octanol–water partition coefficient (Wildman–Crippen LogP) is 5.06. The van der Waals surface area contributed by atoms with Crippen LogP contribution in [0.4, 0.5) is 0 Å². The average Bonchev–Trinajstić information content (AvgIpc) is 3.02. The average molecular weight is 505 g/mol. The third-order valence-electron chi connectivity index (χ3n) is 7.09. The van der Waals surface area contributed by atoms with Crippen LogP contribution in [0.1, 0.15) is 47.2 Å². The molecular formula is C29H29ClN2O4. The molecule has 1 fully saturated rings. The Morgan fingerprint density at radius 1 is 1.11 bits per heavy atom. The third-order valence-corrected chi connectivity index (χ3v) is 7.35. The number of aromatic nitrogens is 1. The van der Waals surface area contributed by atoms with E-state index in [2.05, 4.69) is 22.0 Å². The molecule has 0 amide bonds. The van der Waals surface area contributed by atoms with Crippen molar-refractivity contribution in [2.75, 3.05) is 19.6 Å². The van der Waals surface area contributed by atoms with Gasteiger partial charge in [0.1, 0.15) is 12.4 Å². The fourth-order valence-corrected chi connectivity index (χ4v) is 5.22. The zero-order valence-corrected chi connectivity index (χ0v) is 20.7. The Kier molecular flexibility index (Phi) is 7.10. The number of carbonyl (C=O) groups is 1. The van der Waals surface area contributed by atoms with Gasteiger partial charge in [0, 0.05) is 42.0 Å². The van der Waals surface area contributed by atoms with Crippen LogP contribution in [0.2, 0.25) is 5.02 Å². The first kappa shape index (κ1) is 24.5. The molecule has 0 unspecified atom stereocenters. The quantitative estimate of drug-likeness (QED) is 0.488. The van der Waals surface area contributed by atoms with E-state index in [0.717, 1.165) is 54.0 Å². The second kappa shape index (κ2) is 10.4. The maximum atomic E-state index is 11.2. The number of carboxylic acid groups (broad SMARTS) is 1. The van der Waals surface area contributed by atoms with Gasteiger partial charge in [0.2, 0.25) is 0 Å². The van der Waals surface area contributed by atoms with Crippen LogP contribution in [0, 0.1) is 0 Å². The van der Waals surface area contributed by atoms with Crippen LogP contribution in [0.5, 0.6) is 5.75 Å². The van der Waals surface area contributed by atoms with E-state index < -0.39 is 11.6 Å². The van der Waals surface area contributed by atoms with E-state index >= 15 is 0 Å². The molecule has 2 aliphatic rings. The number of rotatable bonds is 6. The number of fused-ring (bicyclic) bond motifs is 2. The molecule has 36 heavy (non-hydrogen) atoms. The minimum absolute atomic E-state index is 0.0434. The summed E-state index contributed by atoms with van der Waals surface area (Å²) >= 11 is 6.01. The minimum atomic E-state index is -0.867. The number of nitrogens with zero attached hydrogens (tertiary/aromatic N) is 2. The first-order valence-corrected chi connectivity index (χ1v) is 12.6. The predicted molar refractivity (Wildman–Crippen MR) is 139 cm³/mol. The number of piperidine rings is 1. The highest BCUT2D eigenvalue weighted by Crippen LogP contribution is 2.37. The summed E-state index contributed by atoms with van der Waals surface area (Å²) in [6.07, 6.45) is 6.14. The molecule has 0 radical (unpaired) electrons. The highest BCUT2D eigenvalue weighted by atomic mass is 35.5. The lowest BCUT2D eigenvalue weighted by Gasteiger charge is -2.38. The number of aliphatic carboxylic acids is 1. The van der Waals surface area contributed by atoms with Gasteiger partial charge in [-0.25, -0.2) is 0 Å². The van der Waals surface area contributed by atoms with Crippen LogP contribution < -0.4 is 4.74 Å². The molecular weight excluding hydrogens is 476 g/mol. The van der Waals surface area contributed by atoms with Crippen molar-refractivity contribution in [1.29, 1.82) is 0 Å². The second-order valence-corrected chi connectivity index (χ2v) is 9.91. The van der Waals surface area contributed by atoms with Crippen molar-refractivity contribution in [1.82, 2.24) is 9.88 Å². The van der Waals surface area contributed by atoms with Crippen molar-refractivity contribution in [3.8, 4) is 5.75 Å². The molecule has 0 bridgehead atoms. The molecule has 1 saturated heterocycles. The van der Waals surface area contributed by atoms with Crippen molar-refractivity contribution >= 4 is 23.1 Å². The molecule has 7 heteroatoms. The van der Waals surface area contributed by atoms with Crippen molar-refractivity contribution in [3.63, 3.8) is 0 Å². The highest BCUT2D eigenvalue weighted by molar-refractivity contribution is 6.30. The lowest BCUT2D eigenvalue weighted by molar-refractivity contribution is -0.136. The Hall–Kier alpha value is -3.19. The Morgan fingerprint density at radius 2 is 1.89 bits per heavy atom. The summed E-state index contributed by atoms with van der Waals surface area (Å²) in [5.41, 5.74) is 4.74. The van der Waals surface area contributed by atoms with Crippen molar-refractivity contribution in [2.24, 2.45) is 0 Å². The number of likely N-dealkylation sites (tertiary alicyclic amines) is 1. The Morgan fingerprint density at radius 3 is 2.64 bits per heavy atom. The fourth-order valence-electron chi connectivity index (χ4n) is 5.09. The van der Waals surface area contributed by atoms with Gasteiger partial charge in [0.25, 0.3) is 0 Å². The lowest BCUT2D eigenvalue weighted by Crippen LogP contribution is -2.42. The van der Waals surface area contributed by atoms with Crippen LogP contribution in [0.15, 0.2) is 66.9 Å². The third kappa shape index (κ3) is 5.31. The largest absolute Gasteiger partial charge is 0.487 e. The Balaban J connectivity index is 1.31. The number of carboxylic acids is 1. The van der Waals surface area contributed by atoms with Gasteiger partial charge in [-0.2, -0.15) is 0 Å². The minimum Gasteiger partial charge on any atom is -0.487 e. The topological polar surface area (TPSA) is 82.9 Å². The summed E-state index contributed by atoms with van der Waals surface area (Å²) in [6.45, 7) is 2.85. The van der Waals surface area contributed by atoms with E-state index in [0.29, 0.717) is 35.8 Å². The summed E-state index contributed by atoms with van der Waals surface area (Å²) in [5.74, 6) is -0.183. The molecule has 1 aromatic heterocycles. The standard InChI is InChI=1S/C29H29ClN2O4/c30-22-8-6-21(7-9-22)29(35)11-15-32(16-12-29)14-2-4-23-24-3-1-13-31-26(24)19-36-27-17-20(18-28(33)34)5-10-25(23)27/h1,3-10,13,17,35H,2,11-12,14-16,18-19H2,(H,33,34)/b23-4+. The highest BCUT2D eigenvalue weighted by Gasteiger charge is 2.33. The number of ether oxygens (including phenoxy) is 1. The van der Waals surface area contributed by atoms with E-state index in [9.17, 15) is 15.0 Å². The van der Waals surface area contributed by atoms with Gasteiger partial charge in [0.15, 0.2) is 0 Å². The maximum Gasteiger partial charge on any atom is 0.307 e. The summed E-state index contributed by atoms with van der Waals surface area (Å²) in [4.78, 5) is 18.1. The van der Waals surface area contributed by atoms with Gasteiger partial charge in [-0.05, 0) is 60.2 Å². The van der Waals surface area contributed by atoms with Crippen LogP contribution in [0.3, 0.4) is 0 Å². The van der Waals surface area contributed by atoms with Gasteiger partial charge >= 0.3 is 5.97 Å². The number of aliphatic hydroxyl groups is 1. The molecule has 6 nitrogen and oxygen atoms in total. The monoisotopic (exact) mass is 504 g/mol. The van der Waals surface area contributed by atoms with Crippen LogP contribution >= 0.6 is 11.6 Å². The van der Waals surface area contributed by atoms with Gasteiger partial charge in [-0.15, -0.1) is 0 Å². The Labute approximate surface area is 215 Å². The molecule has 0 saturated carbocycles. The van der Waals surface area contributed by atoms with E-state index in [1.165, 1.54) is 0 Å². The normalized spacial score (nSPS) is 18.1. The van der Waals surface area contributed by atoms with Crippen LogP contribution in [-0.4, -0.2) is 45.7 Å². The molecule has 0 atom stereocenters. The summed E-state index contributed by atoms with van der Waals surface area (Å²) in [6, 6.07) is 17.1. The lowest BCUT2D eigenvalue weighted by atomic mass is 9.84. The summed E-state index contributed by atoms with van der Waals surface area (Å²) < 4.78 is 6.05. The number of benzene rings is 2. The van der Waals surface area contributed by atoms with Crippen molar-refractivity contribution in [2.45, 2.75) is 37.9 Å². The molecule has 3 heterocycles. The summed E-state index contributed by atoms with van der Waals surface area (Å²) in [5, 5.41) is 21.0.